The van der Waals surface area contributed by atoms with E-state index in [0.29, 0.717) is 11.5 Å². The second-order valence-corrected chi connectivity index (χ2v) is 28.6. The first-order chi connectivity index (χ1) is 41.9. The minimum atomic E-state index is -3.00. The van der Waals surface area contributed by atoms with Crippen molar-refractivity contribution in [1.82, 2.24) is 14.1 Å². The topological polar surface area (TPSA) is 35.2 Å². The number of benzene rings is 11. The second kappa shape index (κ2) is 21.8. The predicted molar refractivity (Wildman–Crippen MR) is 363 cm³/mol. The molecule has 426 valence electrons. The summed E-state index contributed by atoms with van der Waals surface area (Å²) < 4.78 is 11.6. The molecule has 0 aliphatic carbocycles. The Morgan fingerprint density at radius 1 is 0.425 bits per heavy atom. The van der Waals surface area contributed by atoms with Crippen LogP contribution in [0.15, 0.2) is 267 Å². The van der Waals surface area contributed by atoms with Gasteiger partial charge in [-0.2, -0.15) is 12.1 Å². The standard InChI is InChI=1S/C80H63N4OSi.Pt/c1-79(2,3)55-45-46-81-76(50-55)84-73-41-21-20-37-69(73)70-44-43-59(52-75(70)84)85-58-26-22-25-57(51-58)82-53-83-77-64(38-23-39-71(77)67-35-18-16-33-65(67)66-34-17-19-36-68(66)72-40-24-42-74(82)78(72)83)54-47-56(80(4,5)6)49-63(48-54)86(60-27-10-7-11-28-60,61-29-12-8-13-30-61)62-31-14-9-15-32-62;/h7-50,53H,1-6H3;/q-3;. The summed E-state index contributed by atoms with van der Waals surface area (Å²) in [6, 6.07) is 104. The summed E-state index contributed by atoms with van der Waals surface area (Å²) in [6.07, 6.45) is 1.91. The van der Waals surface area contributed by atoms with Crippen LogP contribution in [-0.4, -0.2) is 22.2 Å². The number of hydrogen-bond donors (Lipinski definition) is 0. The number of pyridine rings is 1. The van der Waals surface area contributed by atoms with Gasteiger partial charge in [-0.3, -0.25) is 0 Å². The fourth-order valence-electron chi connectivity index (χ4n) is 13.4. The quantitative estimate of drug-likeness (QED) is 0.0821. The molecular weight excluding hydrogens is 1260 g/mol. The number of rotatable bonds is 9. The summed E-state index contributed by atoms with van der Waals surface area (Å²) in [7, 11) is -3.00. The number of fused-ring (bicyclic) bond motifs is 10. The zero-order valence-corrected chi connectivity index (χ0v) is 52.8. The molecule has 0 bridgehead atoms. The Balaban J connectivity index is 0.00000667. The van der Waals surface area contributed by atoms with Gasteiger partial charge in [0.15, 0.2) is 8.07 Å². The molecule has 87 heavy (non-hydrogen) atoms. The first-order valence-electron chi connectivity index (χ1n) is 29.8. The second-order valence-electron chi connectivity index (χ2n) is 24.8. The van der Waals surface area contributed by atoms with E-state index in [4.69, 9.17) is 9.72 Å². The van der Waals surface area contributed by atoms with Crippen LogP contribution in [0.2, 0.25) is 0 Å². The molecule has 7 heteroatoms. The summed E-state index contributed by atoms with van der Waals surface area (Å²) >= 11 is 0. The number of hydrogen-bond acceptors (Lipinski definition) is 3. The largest absolute Gasteiger partial charge is 0.509 e. The van der Waals surface area contributed by atoms with E-state index in [1.165, 1.54) is 48.0 Å². The Kier molecular flexibility index (Phi) is 13.9. The van der Waals surface area contributed by atoms with Crippen LogP contribution in [0.25, 0.3) is 82.1 Å². The maximum atomic E-state index is 6.88. The van der Waals surface area contributed by atoms with E-state index < -0.39 is 8.07 Å². The minimum Gasteiger partial charge on any atom is -0.509 e. The fraction of sp³-hybridized carbons (Fsp3) is 0.100. The normalized spacial score (nSPS) is 12.5. The van der Waals surface area contributed by atoms with Gasteiger partial charge in [-0.15, -0.1) is 35.7 Å². The third kappa shape index (κ3) is 9.42. The van der Waals surface area contributed by atoms with E-state index in [1.54, 1.807) is 0 Å². The van der Waals surface area contributed by atoms with Gasteiger partial charge in [-0.05, 0) is 134 Å². The van der Waals surface area contributed by atoms with Crippen LogP contribution in [-0.2, 0) is 31.9 Å². The SMILES string of the molecule is CC(C)(C)c1cc(-c2cccc3c4ccccc4c4ccccc4c4cccc5c4n(c23)[CH-]N5c2[c-]c(Oc3[c-]c4c(cc3)c3ccccc3n4-c3cc(C(C)(C)C)ccn3)ccc2)cc([Si](c2ccccc2)(c2ccccc2)c2ccccc2)c1.[Pt]. The fourth-order valence-corrected chi connectivity index (χ4v) is 18.2. The average molecular weight is 1320 g/mol. The number of aromatic nitrogens is 3. The molecule has 0 N–H and O–H groups in total. The van der Waals surface area contributed by atoms with Crippen LogP contribution in [0.1, 0.15) is 52.7 Å². The van der Waals surface area contributed by atoms with Crippen molar-refractivity contribution in [2.24, 2.45) is 0 Å². The van der Waals surface area contributed by atoms with E-state index in [9.17, 15) is 0 Å². The first-order valence-corrected chi connectivity index (χ1v) is 31.8. The zero-order chi connectivity index (χ0) is 58.3. The first kappa shape index (κ1) is 55.4. The van der Waals surface area contributed by atoms with Crippen LogP contribution < -0.4 is 30.4 Å². The van der Waals surface area contributed by atoms with E-state index in [0.717, 1.165) is 77.3 Å². The molecule has 0 unspecified atom stereocenters. The van der Waals surface area contributed by atoms with Crippen LogP contribution in [0, 0.1) is 18.8 Å². The average Bonchev–Trinajstić information content (AvgIpc) is 1.94. The van der Waals surface area contributed by atoms with Gasteiger partial charge in [0.1, 0.15) is 5.82 Å². The molecule has 0 radical (unpaired) electrons. The van der Waals surface area contributed by atoms with Crippen LogP contribution >= 0.6 is 0 Å². The minimum absolute atomic E-state index is 0. The van der Waals surface area contributed by atoms with Crippen molar-refractivity contribution in [1.29, 1.82) is 0 Å². The molecule has 0 saturated heterocycles. The van der Waals surface area contributed by atoms with Crippen molar-refractivity contribution < 1.29 is 25.8 Å². The number of ether oxygens (including phenoxy) is 1. The summed E-state index contributed by atoms with van der Waals surface area (Å²) in [5.74, 6) is 2.01. The third-order valence-electron chi connectivity index (χ3n) is 17.5. The molecule has 0 amide bonds. The molecule has 14 aromatic rings. The van der Waals surface area contributed by atoms with E-state index in [1.807, 2.05) is 18.3 Å². The molecule has 5 nitrogen and oxygen atoms in total. The molecule has 11 aromatic carbocycles. The van der Waals surface area contributed by atoms with Gasteiger partial charge in [0.2, 0.25) is 0 Å². The molecule has 3 aromatic heterocycles. The molecule has 0 fully saturated rings. The molecule has 0 spiro atoms. The van der Waals surface area contributed by atoms with Crippen molar-refractivity contribution in [3.8, 4) is 28.4 Å². The Labute approximate surface area is 524 Å². The third-order valence-corrected chi connectivity index (χ3v) is 22.3. The molecule has 4 heterocycles. The van der Waals surface area contributed by atoms with Gasteiger partial charge in [-0.1, -0.05) is 259 Å². The van der Waals surface area contributed by atoms with Crippen LogP contribution in [0.5, 0.6) is 11.5 Å². The summed E-state index contributed by atoms with van der Waals surface area (Å²) in [5.41, 5.74) is 10.6. The van der Waals surface area contributed by atoms with E-state index in [2.05, 4.69) is 323 Å². The predicted octanol–water partition coefficient (Wildman–Crippen LogP) is 17.9. The molecule has 0 saturated carbocycles. The van der Waals surface area contributed by atoms with Gasteiger partial charge in [-0.25, -0.2) is 4.98 Å². The number of para-hydroxylation sites is 3. The molecule has 1 aliphatic heterocycles. The summed E-state index contributed by atoms with van der Waals surface area (Å²) in [4.78, 5) is 7.22. The van der Waals surface area contributed by atoms with Gasteiger partial charge in [0, 0.05) is 50.0 Å². The Hall–Kier alpha value is -9.45. The molecular formula is C80H63N4OPtSi-3. The van der Waals surface area contributed by atoms with Crippen LogP contribution in [0.4, 0.5) is 11.4 Å². The summed E-state index contributed by atoms with van der Waals surface area (Å²) in [5, 5.41) is 14.5. The van der Waals surface area contributed by atoms with Gasteiger partial charge >= 0.3 is 0 Å². The van der Waals surface area contributed by atoms with E-state index >= 15 is 0 Å². The van der Waals surface area contributed by atoms with Gasteiger partial charge in [0.05, 0.1) is 0 Å². The van der Waals surface area contributed by atoms with Crippen molar-refractivity contribution in [3.63, 3.8) is 0 Å². The zero-order valence-electron chi connectivity index (χ0n) is 49.5. The van der Waals surface area contributed by atoms with Crippen molar-refractivity contribution in [2.75, 3.05) is 4.90 Å². The Morgan fingerprint density at radius 3 is 1.57 bits per heavy atom. The molecule has 1 aliphatic rings. The van der Waals surface area contributed by atoms with Gasteiger partial charge in [0.25, 0.3) is 0 Å². The Morgan fingerprint density at radius 2 is 0.954 bits per heavy atom. The maximum Gasteiger partial charge on any atom is 0.179 e. The van der Waals surface area contributed by atoms with Crippen molar-refractivity contribution in [3.05, 3.63) is 297 Å². The number of nitrogens with zero attached hydrogens (tertiary/aromatic N) is 4. The van der Waals surface area contributed by atoms with Crippen molar-refractivity contribution >= 4 is 105 Å². The summed E-state index contributed by atoms with van der Waals surface area (Å²) in [6.45, 7) is 16.0. The monoisotopic (exact) mass is 1320 g/mol. The molecule has 0 atom stereocenters. The maximum absolute atomic E-state index is 6.88. The van der Waals surface area contributed by atoms with E-state index in [-0.39, 0.29) is 31.9 Å². The van der Waals surface area contributed by atoms with Gasteiger partial charge < -0.3 is 18.8 Å². The van der Waals surface area contributed by atoms with Crippen LogP contribution in [0.3, 0.4) is 0 Å². The van der Waals surface area contributed by atoms with Crippen molar-refractivity contribution in [2.45, 2.75) is 52.4 Å². The smallest absolute Gasteiger partial charge is 0.179 e. The Bertz CT molecular complexity index is 4940. The molecule has 15 rings (SSSR count). The number of anilines is 2.